The number of anilines is 1. The molecule has 0 aromatic carbocycles. The Kier molecular flexibility index (Phi) is 6.26. The van der Waals surface area contributed by atoms with Crippen LogP contribution in [-0.4, -0.2) is 48.7 Å². The number of carbonyl (C=O) groups excluding carboxylic acids is 1. The van der Waals surface area contributed by atoms with Gasteiger partial charge in [0.2, 0.25) is 0 Å². The van der Waals surface area contributed by atoms with E-state index >= 15 is 0 Å². The van der Waals surface area contributed by atoms with Crippen LogP contribution in [0.3, 0.4) is 0 Å². The summed E-state index contributed by atoms with van der Waals surface area (Å²) in [6.07, 6.45) is 0. The van der Waals surface area contributed by atoms with Gasteiger partial charge < -0.3 is 14.7 Å². The van der Waals surface area contributed by atoms with E-state index in [1.165, 1.54) is 11.3 Å². The zero-order valence-corrected chi connectivity index (χ0v) is 11.0. The first kappa shape index (κ1) is 14.6. The Morgan fingerprint density at radius 3 is 3.06 bits per heavy atom. The van der Waals surface area contributed by atoms with Gasteiger partial charge in [0.1, 0.15) is 18.0 Å². The summed E-state index contributed by atoms with van der Waals surface area (Å²) in [5.74, 6) is -0.286. The van der Waals surface area contributed by atoms with Crippen LogP contribution in [0.5, 0.6) is 0 Å². The van der Waals surface area contributed by atoms with Crippen LogP contribution in [-0.2, 0) is 14.3 Å². The molecule has 0 fully saturated rings. The first-order valence-corrected chi connectivity index (χ1v) is 6.06. The number of amides is 1. The second kappa shape index (κ2) is 7.75. The van der Waals surface area contributed by atoms with Crippen LogP contribution >= 0.6 is 11.3 Å². The Morgan fingerprint density at radius 2 is 2.39 bits per heavy atom. The SMILES string of the molecule is COCCOCC(=O)Nc1nc(C(C)=NO)cs1. The van der Waals surface area contributed by atoms with Gasteiger partial charge in [-0.25, -0.2) is 4.98 Å². The van der Waals surface area contributed by atoms with E-state index in [0.29, 0.717) is 29.8 Å². The lowest BCUT2D eigenvalue weighted by Crippen LogP contribution is -2.19. The Morgan fingerprint density at radius 1 is 1.61 bits per heavy atom. The highest BCUT2D eigenvalue weighted by Gasteiger charge is 2.08. The maximum atomic E-state index is 11.4. The molecule has 0 aliphatic rings. The summed E-state index contributed by atoms with van der Waals surface area (Å²) >= 11 is 1.25. The third-order valence-corrected chi connectivity index (χ3v) is 2.69. The molecule has 0 atom stereocenters. The quantitative estimate of drug-likeness (QED) is 0.334. The Labute approximate surface area is 108 Å². The zero-order chi connectivity index (χ0) is 13.4. The molecule has 0 spiro atoms. The van der Waals surface area contributed by atoms with Crippen molar-refractivity contribution in [3.63, 3.8) is 0 Å². The number of thiazole rings is 1. The van der Waals surface area contributed by atoms with Crippen molar-refractivity contribution in [3.05, 3.63) is 11.1 Å². The van der Waals surface area contributed by atoms with Gasteiger partial charge in [-0.15, -0.1) is 11.3 Å². The van der Waals surface area contributed by atoms with Crippen molar-refractivity contribution in [1.82, 2.24) is 4.98 Å². The topological polar surface area (TPSA) is 93.0 Å². The molecular formula is C10H15N3O4S. The lowest BCUT2D eigenvalue weighted by molar-refractivity contribution is -0.121. The summed E-state index contributed by atoms with van der Waals surface area (Å²) in [5, 5.41) is 16.3. The van der Waals surface area contributed by atoms with Gasteiger partial charge in [0.05, 0.1) is 13.2 Å². The van der Waals surface area contributed by atoms with Gasteiger partial charge in [-0.2, -0.15) is 0 Å². The normalized spacial score (nSPS) is 11.6. The van der Waals surface area contributed by atoms with E-state index in [0.717, 1.165) is 0 Å². The average Bonchev–Trinajstić information content (AvgIpc) is 2.82. The van der Waals surface area contributed by atoms with Crippen molar-refractivity contribution in [1.29, 1.82) is 0 Å². The van der Waals surface area contributed by atoms with Crippen molar-refractivity contribution >= 4 is 28.1 Å². The molecule has 0 aliphatic heterocycles. The lowest BCUT2D eigenvalue weighted by Gasteiger charge is -2.03. The van der Waals surface area contributed by atoms with Crippen LogP contribution in [0.25, 0.3) is 0 Å². The van der Waals surface area contributed by atoms with Crippen LogP contribution in [0.2, 0.25) is 0 Å². The lowest BCUT2D eigenvalue weighted by atomic mass is 10.3. The van der Waals surface area contributed by atoms with Crippen molar-refractivity contribution in [2.24, 2.45) is 5.16 Å². The molecule has 0 bridgehead atoms. The number of aromatic nitrogens is 1. The smallest absolute Gasteiger partial charge is 0.252 e. The van der Waals surface area contributed by atoms with E-state index in [-0.39, 0.29) is 12.5 Å². The minimum Gasteiger partial charge on any atom is -0.411 e. The molecule has 100 valence electrons. The van der Waals surface area contributed by atoms with E-state index < -0.39 is 0 Å². The molecule has 7 nitrogen and oxygen atoms in total. The number of methoxy groups -OCH3 is 1. The van der Waals surface area contributed by atoms with Gasteiger partial charge >= 0.3 is 0 Å². The van der Waals surface area contributed by atoms with Gasteiger partial charge in [0, 0.05) is 12.5 Å². The molecule has 1 aromatic heterocycles. The third-order valence-electron chi connectivity index (χ3n) is 1.94. The first-order chi connectivity index (χ1) is 8.67. The minimum absolute atomic E-state index is 0.0503. The number of nitrogens with zero attached hydrogens (tertiary/aromatic N) is 2. The maximum Gasteiger partial charge on any atom is 0.252 e. The highest BCUT2D eigenvalue weighted by atomic mass is 32.1. The molecule has 0 unspecified atom stereocenters. The zero-order valence-electron chi connectivity index (χ0n) is 10.2. The van der Waals surface area contributed by atoms with Crippen LogP contribution in [0.15, 0.2) is 10.5 Å². The summed E-state index contributed by atoms with van der Waals surface area (Å²) in [6.45, 7) is 2.38. The fourth-order valence-corrected chi connectivity index (χ4v) is 1.78. The Balaban J connectivity index is 2.38. The molecule has 1 aromatic rings. The molecule has 0 radical (unpaired) electrons. The van der Waals surface area contributed by atoms with Gasteiger partial charge in [0.15, 0.2) is 5.13 Å². The van der Waals surface area contributed by atoms with E-state index in [2.05, 4.69) is 15.5 Å². The van der Waals surface area contributed by atoms with Gasteiger partial charge in [0.25, 0.3) is 5.91 Å². The summed E-state index contributed by atoms with van der Waals surface area (Å²) in [7, 11) is 1.56. The highest BCUT2D eigenvalue weighted by Crippen LogP contribution is 2.15. The van der Waals surface area contributed by atoms with Crippen LogP contribution < -0.4 is 5.32 Å². The van der Waals surface area contributed by atoms with E-state index in [1.807, 2.05) is 0 Å². The standard InChI is InChI=1S/C10H15N3O4S/c1-7(13-15)8-6-18-10(11-8)12-9(14)5-17-4-3-16-2/h6,15H,3-5H2,1-2H3,(H,11,12,14). The summed E-state index contributed by atoms with van der Waals surface area (Å²) < 4.78 is 9.84. The van der Waals surface area contributed by atoms with E-state index in [1.54, 1.807) is 19.4 Å². The Bertz CT molecular complexity index is 419. The predicted octanol–water partition coefficient (Wildman–Crippen LogP) is 0.943. The number of hydrogen-bond donors (Lipinski definition) is 2. The van der Waals surface area contributed by atoms with E-state index in [9.17, 15) is 4.79 Å². The van der Waals surface area contributed by atoms with Gasteiger partial charge in [-0.1, -0.05) is 5.16 Å². The molecule has 1 heterocycles. The molecule has 0 saturated carbocycles. The molecule has 18 heavy (non-hydrogen) atoms. The fourth-order valence-electron chi connectivity index (χ4n) is 1.01. The van der Waals surface area contributed by atoms with Crippen LogP contribution in [0.1, 0.15) is 12.6 Å². The highest BCUT2D eigenvalue weighted by molar-refractivity contribution is 7.14. The van der Waals surface area contributed by atoms with Crippen molar-refractivity contribution < 1.29 is 19.5 Å². The summed E-state index contributed by atoms with van der Waals surface area (Å²) in [5.41, 5.74) is 0.918. The minimum atomic E-state index is -0.286. The fraction of sp³-hybridized carbons (Fsp3) is 0.500. The van der Waals surface area contributed by atoms with Crippen LogP contribution in [0, 0.1) is 0 Å². The van der Waals surface area contributed by atoms with Crippen LogP contribution in [0.4, 0.5) is 5.13 Å². The predicted molar refractivity (Wildman–Crippen MR) is 67.4 cm³/mol. The number of oxime groups is 1. The average molecular weight is 273 g/mol. The first-order valence-electron chi connectivity index (χ1n) is 5.18. The number of hydrogen-bond acceptors (Lipinski definition) is 7. The molecule has 8 heteroatoms. The molecular weight excluding hydrogens is 258 g/mol. The molecule has 1 amide bonds. The maximum absolute atomic E-state index is 11.4. The van der Waals surface area contributed by atoms with Gasteiger partial charge in [-0.3, -0.25) is 10.1 Å². The second-order valence-corrected chi connectivity index (χ2v) is 4.17. The number of rotatable bonds is 7. The molecule has 2 N–H and O–H groups in total. The monoisotopic (exact) mass is 273 g/mol. The number of nitrogens with one attached hydrogen (secondary N) is 1. The summed E-state index contributed by atoms with van der Waals surface area (Å²) in [4.78, 5) is 15.5. The largest absolute Gasteiger partial charge is 0.411 e. The Hall–Kier alpha value is -1.51. The molecule has 0 saturated heterocycles. The van der Waals surface area contributed by atoms with Crippen molar-refractivity contribution in [2.75, 3.05) is 32.2 Å². The third kappa shape index (κ3) is 4.78. The van der Waals surface area contributed by atoms with Gasteiger partial charge in [-0.05, 0) is 6.92 Å². The summed E-state index contributed by atoms with van der Waals surface area (Å²) in [6, 6.07) is 0. The van der Waals surface area contributed by atoms with E-state index in [4.69, 9.17) is 14.7 Å². The number of carbonyl (C=O) groups is 1. The number of ether oxygens (including phenoxy) is 2. The molecule has 1 rings (SSSR count). The molecule has 0 aliphatic carbocycles. The van der Waals surface area contributed by atoms with Crippen molar-refractivity contribution in [2.45, 2.75) is 6.92 Å². The second-order valence-electron chi connectivity index (χ2n) is 3.32. The van der Waals surface area contributed by atoms with Crippen molar-refractivity contribution in [3.8, 4) is 0 Å².